The molecule has 0 spiro atoms. The summed E-state index contributed by atoms with van der Waals surface area (Å²) >= 11 is 0. The van der Waals surface area contributed by atoms with Gasteiger partial charge in [0.1, 0.15) is 11.9 Å². The summed E-state index contributed by atoms with van der Waals surface area (Å²) in [6.07, 6.45) is 6.67. The van der Waals surface area contributed by atoms with Gasteiger partial charge in [-0.05, 0) is 19.4 Å². The zero-order valence-corrected chi connectivity index (χ0v) is 10.5. The molecule has 0 amide bonds. The summed E-state index contributed by atoms with van der Waals surface area (Å²) in [4.78, 5) is 12.2. The van der Waals surface area contributed by atoms with Crippen LogP contribution in [0.5, 0.6) is 0 Å². The van der Waals surface area contributed by atoms with E-state index in [1.165, 1.54) is 5.57 Å². The minimum atomic E-state index is 0.0798. The molecule has 0 bridgehead atoms. The molecule has 0 aliphatic carbocycles. The molecule has 1 aliphatic rings. The summed E-state index contributed by atoms with van der Waals surface area (Å²) in [6, 6.07) is 0.0798. The van der Waals surface area contributed by atoms with Crippen LogP contribution in [0, 0.1) is 0 Å². The van der Waals surface area contributed by atoms with Crippen LogP contribution in [0.25, 0.3) is 16.6 Å². The summed E-state index contributed by atoms with van der Waals surface area (Å²) in [6.45, 7) is 4.88. The van der Waals surface area contributed by atoms with E-state index < -0.39 is 0 Å². The van der Waals surface area contributed by atoms with Crippen molar-refractivity contribution in [2.24, 2.45) is 10.2 Å². The van der Waals surface area contributed by atoms with E-state index in [1.807, 2.05) is 19.3 Å². The molecule has 0 saturated carbocycles. The zero-order valence-electron chi connectivity index (χ0n) is 10.5. The van der Waals surface area contributed by atoms with E-state index in [4.69, 9.17) is 0 Å². The number of aromatic nitrogens is 3. The van der Waals surface area contributed by atoms with Crippen LogP contribution in [0.1, 0.15) is 37.7 Å². The second-order valence-electron chi connectivity index (χ2n) is 4.46. The minimum absolute atomic E-state index is 0.0798. The number of pyridine rings is 1. The van der Waals surface area contributed by atoms with E-state index in [-0.39, 0.29) is 6.04 Å². The van der Waals surface area contributed by atoms with E-state index in [0.717, 1.165) is 35.4 Å². The van der Waals surface area contributed by atoms with Crippen molar-refractivity contribution in [3.8, 4) is 0 Å². The van der Waals surface area contributed by atoms with Crippen LogP contribution in [-0.4, -0.2) is 21.5 Å². The Morgan fingerprint density at radius 2 is 2.33 bits per heavy atom. The number of nitrogens with one attached hydrogen (secondary N) is 1. The average Bonchev–Trinajstić information content (AvgIpc) is 3.04. The Morgan fingerprint density at radius 1 is 1.44 bits per heavy atom. The number of nitrogens with zero attached hydrogens (tertiary/aromatic N) is 4. The maximum Gasteiger partial charge on any atom is 0.134 e. The molecule has 0 aromatic carbocycles. The quantitative estimate of drug-likeness (QED) is 0.876. The normalized spacial score (nSPS) is 19.9. The highest BCUT2D eigenvalue weighted by atomic mass is 15.2. The monoisotopic (exact) mass is 241 g/mol. The number of hydrogen-bond donors (Lipinski definition) is 1. The van der Waals surface area contributed by atoms with Gasteiger partial charge in [-0.15, -0.1) is 0 Å². The van der Waals surface area contributed by atoms with Crippen LogP contribution in [0.15, 0.2) is 28.7 Å². The van der Waals surface area contributed by atoms with Crippen LogP contribution < -0.4 is 0 Å². The highest BCUT2D eigenvalue weighted by Crippen LogP contribution is 2.28. The van der Waals surface area contributed by atoms with Gasteiger partial charge >= 0.3 is 0 Å². The van der Waals surface area contributed by atoms with Crippen molar-refractivity contribution >= 4 is 16.6 Å². The number of rotatable bonds is 2. The Kier molecular flexibility index (Phi) is 2.66. The Bertz CT molecular complexity index is 638. The van der Waals surface area contributed by atoms with Crippen molar-refractivity contribution in [1.29, 1.82) is 0 Å². The zero-order chi connectivity index (χ0) is 12.5. The van der Waals surface area contributed by atoms with Gasteiger partial charge in [0.05, 0.1) is 23.8 Å². The van der Waals surface area contributed by atoms with Crippen molar-refractivity contribution in [1.82, 2.24) is 15.0 Å². The van der Waals surface area contributed by atoms with Crippen LogP contribution >= 0.6 is 0 Å². The summed E-state index contributed by atoms with van der Waals surface area (Å²) < 4.78 is 0. The van der Waals surface area contributed by atoms with Crippen LogP contribution in [0.2, 0.25) is 0 Å². The van der Waals surface area contributed by atoms with Gasteiger partial charge in [-0.2, -0.15) is 10.2 Å². The smallest absolute Gasteiger partial charge is 0.134 e. The molecule has 92 valence electrons. The van der Waals surface area contributed by atoms with Crippen molar-refractivity contribution in [2.45, 2.75) is 26.3 Å². The Hall–Kier alpha value is -2.04. The molecule has 0 saturated heterocycles. The Morgan fingerprint density at radius 3 is 3.06 bits per heavy atom. The van der Waals surface area contributed by atoms with Crippen molar-refractivity contribution in [2.75, 3.05) is 6.54 Å². The fraction of sp³-hybridized carbons (Fsp3) is 0.385. The average molecular weight is 241 g/mol. The van der Waals surface area contributed by atoms with E-state index >= 15 is 0 Å². The lowest BCUT2D eigenvalue weighted by Gasteiger charge is -2.00. The van der Waals surface area contributed by atoms with Gasteiger partial charge in [0, 0.05) is 18.2 Å². The van der Waals surface area contributed by atoms with Crippen LogP contribution in [0.3, 0.4) is 0 Å². The molecular formula is C13H15N5. The standard InChI is InChI=1S/C13H15N5/c1-3-8(2)9-6-14-7-11-12(9)17-13(16-11)10-4-5-15-18-10/h3,6-7,10H,4-5H2,1-2H3,(H,16,17). The number of fused-ring (bicyclic) bond motifs is 1. The van der Waals surface area contributed by atoms with Crippen LogP contribution in [0.4, 0.5) is 0 Å². The lowest BCUT2D eigenvalue weighted by atomic mass is 10.1. The van der Waals surface area contributed by atoms with E-state index in [2.05, 4.69) is 38.2 Å². The predicted molar refractivity (Wildman–Crippen MR) is 70.3 cm³/mol. The topological polar surface area (TPSA) is 66.3 Å². The molecule has 2 aromatic rings. The third-order valence-electron chi connectivity index (χ3n) is 3.31. The second-order valence-corrected chi connectivity index (χ2v) is 4.46. The fourth-order valence-electron chi connectivity index (χ4n) is 2.14. The van der Waals surface area contributed by atoms with Crippen molar-refractivity contribution < 1.29 is 0 Å². The maximum atomic E-state index is 4.67. The van der Waals surface area contributed by atoms with Gasteiger partial charge in [-0.3, -0.25) is 4.98 Å². The molecule has 0 radical (unpaired) electrons. The third-order valence-corrected chi connectivity index (χ3v) is 3.31. The number of aromatic amines is 1. The van der Waals surface area contributed by atoms with Crippen molar-refractivity contribution in [3.63, 3.8) is 0 Å². The van der Waals surface area contributed by atoms with E-state index in [1.54, 1.807) is 0 Å². The van der Waals surface area contributed by atoms with E-state index in [9.17, 15) is 0 Å². The predicted octanol–water partition coefficient (Wildman–Crippen LogP) is 3.28. The molecule has 1 N–H and O–H groups in total. The number of imidazole rings is 1. The number of allylic oxidation sites excluding steroid dienone is 2. The number of hydrogen-bond acceptors (Lipinski definition) is 4. The van der Waals surface area contributed by atoms with Crippen molar-refractivity contribution in [3.05, 3.63) is 29.9 Å². The Balaban J connectivity index is 2.14. The molecule has 1 unspecified atom stereocenters. The summed E-state index contributed by atoms with van der Waals surface area (Å²) in [7, 11) is 0. The van der Waals surface area contributed by atoms with Gasteiger partial charge in [0.25, 0.3) is 0 Å². The molecular weight excluding hydrogens is 226 g/mol. The Labute approximate surface area is 105 Å². The number of H-pyrrole nitrogens is 1. The largest absolute Gasteiger partial charge is 0.339 e. The molecule has 0 fully saturated rings. The first-order valence-corrected chi connectivity index (χ1v) is 6.13. The summed E-state index contributed by atoms with van der Waals surface area (Å²) in [5.41, 5.74) is 4.19. The molecule has 3 rings (SSSR count). The second kappa shape index (κ2) is 4.33. The third kappa shape index (κ3) is 1.72. The van der Waals surface area contributed by atoms with Gasteiger partial charge in [0.2, 0.25) is 0 Å². The number of azo groups is 1. The first kappa shape index (κ1) is 11.1. The molecule has 18 heavy (non-hydrogen) atoms. The minimum Gasteiger partial charge on any atom is -0.339 e. The summed E-state index contributed by atoms with van der Waals surface area (Å²) in [5.74, 6) is 0.893. The molecule has 2 aromatic heterocycles. The van der Waals surface area contributed by atoms with Crippen LogP contribution in [-0.2, 0) is 0 Å². The molecule has 5 nitrogen and oxygen atoms in total. The fourth-order valence-corrected chi connectivity index (χ4v) is 2.14. The lowest BCUT2D eigenvalue weighted by Crippen LogP contribution is -1.94. The van der Waals surface area contributed by atoms with Gasteiger partial charge < -0.3 is 4.98 Å². The summed E-state index contributed by atoms with van der Waals surface area (Å²) in [5, 5.41) is 8.22. The van der Waals surface area contributed by atoms with Gasteiger partial charge in [-0.25, -0.2) is 4.98 Å². The molecule has 1 aliphatic heterocycles. The SMILES string of the molecule is CC=C(C)c1cncc2[nH]c(C3CCN=N3)nc12. The van der Waals surface area contributed by atoms with Gasteiger partial charge in [-0.1, -0.05) is 6.08 Å². The molecule has 3 heterocycles. The van der Waals surface area contributed by atoms with E-state index in [0.29, 0.717) is 0 Å². The molecule has 1 atom stereocenters. The van der Waals surface area contributed by atoms with Gasteiger partial charge in [0.15, 0.2) is 0 Å². The first-order chi connectivity index (χ1) is 8.79. The highest BCUT2D eigenvalue weighted by molar-refractivity contribution is 5.87. The first-order valence-electron chi connectivity index (χ1n) is 6.13. The molecule has 5 heteroatoms. The lowest BCUT2D eigenvalue weighted by molar-refractivity contribution is 0.697. The maximum absolute atomic E-state index is 4.67. The highest BCUT2D eigenvalue weighted by Gasteiger charge is 2.19.